The van der Waals surface area contributed by atoms with Crippen LogP contribution in [-0.2, 0) is 9.59 Å². The summed E-state index contributed by atoms with van der Waals surface area (Å²) in [6.45, 7) is 1.64. The summed E-state index contributed by atoms with van der Waals surface area (Å²) < 4.78 is 0. The lowest BCUT2D eigenvalue weighted by molar-refractivity contribution is -0.139. The van der Waals surface area contributed by atoms with Crippen LogP contribution in [0.5, 0.6) is 0 Å². The number of hydrogen-bond donors (Lipinski definition) is 2. The van der Waals surface area contributed by atoms with Crippen molar-refractivity contribution in [2.45, 2.75) is 51.0 Å². The molecular weight excluding hydrogens is 266 g/mol. The second-order valence-corrected chi connectivity index (χ2v) is 7.23. The monoisotopic (exact) mass is 293 g/mol. The molecule has 5 heteroatoms. The molecule has 2 saturated carbocycles. The minimum absolute atomic E-state index is 0.0543. The van der Waals surface area contributed by atoms with E-state index in [4.69, 9.17) is 11.5 Å². The van der Waals surface area contributed by atoms with E-state index in [1.807, 2.05) is 4.90 Å². The highest BCUT2D eigenvalue weighted by molar-refractivity contribution is 5.80. The van der Waals surface area contributed by atoms with E-state index in [0.717, 1.165) is 38.8 Å². The summed E-state index contributed by atoms with van der Waals surface area (Å²) >= 11 is 0. The molecule has 21 heavy (non-hydrogen) atoms. The van der Waals surface area contributed by atoms with Crippen molar-refractivity contribution in [2.24, 2.45) is 35.1 Å². The minimum atomic E-state index is -0.242. The molecule has 118 valence electrons. The molecule has 2 bridgehead atoms. The number of piperidine rings is 1. The van der Waals surface area contributed by atoms with Gasteiger partial charge in [0.05, 0.1) is 5.92 Å². The van der Waals surface area contributed by atoms with Gasteiger partial charge in [-0.2, -0.15) is 0 Å². The maximum Gasteiger partial charge on any atom is 0.227 e. The first kappa shape index (κ1) is 14.8. The number of rotatable bonds is 4. The number of amides is 2. The second kappa shape index (κ2) is 5.95. The lowest BCUT2D eigenvalue weighted by Gasteiger charge is -2.37. The van der Waals surface area contributed by atoms with E-state index < -0.39 is 0 Å². The molecule has 3 rings (SSSR count). The third-order valence-electron chi connectivity index (χ3n) is 5.90. The van der Waals surface area contributed by atoms with Crippen molar-refractivity contribution in [3.8, 4) is 0 Å². The van der Waals surface area contributed by atoms with Gasteiger partial charge in [-0.25, -0.2) is 0 Å². The Morgan fingerprint density at radius 2 is 1.90 bits per heavy atom. The summed E-state index contributed by atoms with van der Waals surface area (Å²) in [6.07, 6.45) is 6.90. The third kappa shape index (κ3) is 2.93. The van der Waals surface area contributed by atoms with Gasteiger partial charge in [0.15, 0.2) is 0 Å². The molecule has 1 aliphatic heterocycles. The zero-order valence-electron chi connectivity index (χ0n) is 12.7. The van der Waals surface area contributed by atoms with Crippen LogP contribution in [0.3, 0.4) is 0 Å². The number of likely N-dealkylation sites (tertiary alicyclic amines) is 1. The topological polar surface area (TPSA) is 89.4 Å². The number of carbonyl (C=O) groups is 2. The van der Waals surface area contributed by atoms with Crippen molar-refractivity contribution in [3.05, 3.63) is 0 Å². The molecule has 0 radical (unpaired) electrons. The molecule has 1 heterocycles. The Balaban J connectivity index is 1.58. The van der Waals surface area contributed by atoms with Gasteiger partial charge in [0.2, 0.25) is 11.8 Å². The van der Waals surface area contributed by atoms with Crippen LogP contribution in [0.15, 0.2) is 0 Å². The number of fused-ring (bicyclic) bond motifs is 2. The zero-order chi connectivity index (χ0) is 15.0. The van der Waals surface area contributed by atoms with Gasteiger partial charge in [-0.3, -0.25) is 9.59 Å². The molecule has 5 unspecified atom stereocenters. The number of carbonyl (C=O) groups excluding carboxylic acids is 2. The molecule has 3 aliphatic rings. The number of nitrogens with two attached hydrogens (primary N) is 2. The Bertz CT molecular complexity index is 424. The van der Waals surface area contributed by atoms with Crippen LogP contribution in [0, 0.1) is 23.7 Å². The lowest BCUT2D eigenvalue weighted by Crippen LogP contribution is -2.50. The van der Waals surface area contributed by atoms with Crippen molar-refractivity contribution in [1.29, 1.82) is 0 Å². The normalized spacial score (nSPS) is 38.7. The predicted molar refractivity (Wildman–Crippen MR) is 80.0 cm³/mol. The molecule has 0 aromatic heterocycles. The van der Waals surface area contributed by atoms with Crippen LogP contribution in [-0.4, -0.2) is 35.8 Å². The molecule has 0 spiro atoms. The van der Waals surface area contributed by atoms with E-state index in [-0.39, 0.29) is 23.8 Å². The Kier molecular flexibility index (Phi) is 4.20. The van der Waals surface area contributed by atoms with E-state index in [1.165, 1.54) is 12.8 Å². The van der Waals surface area contributed by atoms with Gasteiger partial charge in [-0.15, -0.1) is 0 Å². The fourth-order valence-corrected chi connectivity index (χ4v) is 4.76. The van der Waals surface area contributed by atoms with Crippen molar-refractivity contribution >= 4 is 11.8 Å². The first-order chi connectivity index (χ1) is 10.1. The third-order valence-corrected chi connectivity index (χ3v) is 5.90. The van der Waals surface area contributed by atoms with Crippen molar-refractivity contribution in [2.75, 3.05) is 13.1 Å². The fraction of sp³-hybridized carbons (Fsp3) is 0.875. The quantitative estimate of drug-likeness (QED) is 0.805. The van der Waals surface area contributed by atoms with Crippen LogP contribution in [0.2, 0.25) is 0 Å². The van der Waals surface area contributed by atoms with E-state index in [9.17, 15) is 9.59 Å². The van der Waals surface area contributed by atoms with Gasteiger partial charge in [0.1, 0.15) is 0 Å². The van der Waals surface area contributed by atoms with Gasteiger partial charge in [-0.1, -0.05) is 0 Å². The highest BCUT2D eigenvalue weighted by Gasteiger charge is 2.50. The molecule has 4 N–H and O–H groups in total. The Morgan fingerprint density at radius 3 is 2.57 bits per heavy atom. The van der Waals surface area contributed by atoms with E-state index in [0.29, 0.717) is 24.2 Å². The highest BCUT2D eigenvalue weighted by Crippen LogP contribution is 2.48. The van der Waals surface area contributed by atoms with Gasteiger partial charge >= 0.3 is 0 Å². The standard InChI is InChI=1S/C16H27N3O2/c17-13(20)6-3-10-2-1-7-19(9-10)16(21)14-11-4-5-12(8-11)15(14)18/h10-12,14-15H,1-9,18H2,(H2,17,20). The smallest absolute Gasteiger partial charge is 0.227 e. The van der Waals surface area contributed by atoms with Crippen LogP contribution in [0.4, 0.5) is 0 Å². The molecule has 2 aliphatic carbocycles. The predicted octanol–water partition coefficient (Wildman–Crippen LogP) is 0.864. The fourth-order valence-electron chi connectivity index (χ4n) is 4.76. The molecule has 0 aromatic rings. The Morgan fingerprint density at radius 1 is 1.14 bits per heavy atom. The second-order valence-electron chi connectivity index (χ2n) is 7.23. The average molecular weight is 293 g/mol. The van der Waals surface area contributed by atoms with E-state index in [1.54, 1.807) is 0 Å². The SMILES string of the molecule is NC(=O)CCC1CCCN(C(=O)C2C3CCC(C3)C2N)C1. The lowest BCUT2D eigenvalue weighted by atomic mass is 9.83. The Hall–Kier alpha value is -1.10. The summed E-state index contributed by atoms with van der Waals surface area (Å²) in [7, 11) is 0. The molecule has 5 nitrogen and oxygen atoms in total. The average Bonchev–Trinajstić information content (AvgIpc) is 3.05. The van der Waals surface area contributed by atoms with Crippen molar-refractivity contribution < 1.29 is 9.59 Å². The summed E-state index contributed by atoms with van der Waals surface area (Å²) in [5.74, 6) is 1.60. The van der Waals surface area contributed by atoms with E-state index in [2.05, 4.69) is 0 Å². The zero-order valence-corrected chi connectivity index (χ0v) is 12.7. The van der Waals surface area contributed by atoms with Crippen molar-refractivity contribution in [3.63, 3.8) is 0 Å². The van der Waals surface area contributed by atoms with Crippen LogP contribution in [0.25, 0.3) is 0 Å². The van der Waals surface area contributed by atoms with Gasteiger partial charge in [0.25, 0.3) is 0 Å². The maximum absolute atomic E-state index is 12.8. The Labute approximate surface area is 126 Å². The van der Waals surface area contributed by atoms with Crippen molar-refractivity contribution in [1.82, 2.24) is 4.90 Å². The van der Waals surface area contributed by atoms with Crippen LogP contribution in [0.1, 0.15) is 44.9 Å². The number of primary amides is 1. The summed E-state index contributed by atoms with van der Waals surface area (Å²) in [6, 6.07) is 0.0715. The highest BCUT2D eigenvalue weighted by atomic mass is 16.2. The van der Waals surface area contributed by atoms with Gasteiger partial charge in [-0.05, 0) is 56.3 Å². The molecule has 1 saturated heterocycles. The van der Waals surface area contributed by atoms with Crippen LogP contribution >= 0.6 is 0 Å². The first-order valence-electron chi connectivity index (χ1n) is 8.39. The molecule has 2 amide bonds. The molecular formula is C16H27N3O2. The molecule has 5 atom stereocenters. The minimum Gasteiger partial charge on any atom is -0.370 e. The largest absolute Gasteiger partial charge is 0.370 e. The molecule has 0 aromatic carbocycles. The summed E-state index contributed by atoms with van der Waals surface area (Å²) in [5.41, 5.74) is 11.5. The van der Waals surface area contributed by atoms with Crippen LogP contribution < -0.4 is 11.5 Å². The molecule has 3 fully saturated rings. The summed E-state index contributed by atoms with van der Waals surface area (Å²) in [4.78, 5) is 25.8. The van der Waals surface area contributed by atoms with Gasteiger partial charge < -0.3 is 16.4 Å². The maximum atomic E-state index is 12.8. The van der Waals surface area contributed by atoms with Gasteiger partial charge in [0, 0.05) is 25.6 Å². The summed E-state index contributed by atoms with van der Waals surface area (Å²) in [5, 5.41) is 0. The first-order valence-corrected chi connectivity index (χ1v) is 8.39. The van der Waals surface area contributed by atoms with E-state index >= 15 is 0 Å². The number of nitrogens with zero attached hydrogens (tertiary/aromatic N) is 1. The number of hydrogen-bond acceptors (Lipinski definition) is 3.